The predicted octanol–water partition coefficient (Wildman–Crippen LogP) is 7.50. The third-order valence-corrected chi connectivity index (χ3v) is 6.84. The lowest BCUT2D eigenvalue weighted by Crippen LogP contribution is -2.32. The van der Waals surface area contributed by atoms with Crippen molar-refractivity contribution in [1.29, 1.82) is 0 Å². The van der Waals surface area contributed by atoms with Crippen LogP contribution in [0, 0.1) is 6.92 Å². The molecule has 1 atom stereocenters. The summed E-state index contributed by atoms with van der Waals surface area (Å²) in [6, 6.07) is 30.0. The standard InChI is InChI=1S/C32H26ClN3O3/c1-3-28(31(37)36-25-16-10-15-24(33)20(25)2)39-32(38)23-17-18-26-27(19-23)35-30(22-13-8-5-9-14-22)29(34-26)21-11-6-4-7-12-21/h4-19,28H,3H2,1-2H3,(H,36,37). The Bertz CT molecular complexity index is 1660. The average molecular weight is 536 g/mol. The van der Waals surface area contributed by atoms with E-state index in [0.29, 0.717) is 33.9 Å². The maximum absolute atomic E-state index is 13.1. The van der Waals surface area contributed by atoms with Gasteiger partial charge >= 0.3 is 5.97 Å². The fourth-order valence-electron chi connectivity index (χ4n) is 4.25. The predicted molar refractivity (Wildman–Crippen MR) is 155 cm³/mol. The number of hydrogen-bond acceptors (Lipinski definition) is 5. The van der Waals surface area contributed by atoms with E-state index in [9.17, 15) is 9.59 Å². The number of hydrogen-bond donors (Lipinski definition) is 1. The minimum Gasteiger partial charge on any atom is -0.449 e. The first-order valence-electron chi connectivity index (χ1n) is 12.6. The van der Waals surface area contributed by atoms with Crippen LogP contribution >= 0.6 is 11.6 Å². The van der Waals surface area contributed by atoms with E-state index in [1.54, 1.807) is 43.3 Å². The molecule has 0 fully saturated rings. The van der Waals surface area contributed by atoms with Gasteiger partial charge in [0.1, 0.15) is 0 Å². The second-order valence-electron chi connectivity index (χ2n) is 9.06. The number of carbonyl (C=O) groups is 2. The lowest BCUT2D eigenvalue weighted by Gasteiger charge is -2.17. The summed E-state index contributed by atoms with van der Waals surface area (Å²) in [7, 11) is 0. The van der Waals surface area contributed by atoms with Crippen molar-refractivity contribution in [3.8, 4) is 22.5 Å². The molecule has 1 heterocycles. The Balaban J connectivity index is 1.44. The highest BCUT2D eigenvalue weighted by molar-refractivity contribution is 6.31. The van der Waals surface area contributed by atoms with Crippen LogP contribution in [0.4, 0.5) is 5.69 Å². The Morgan fingerprint density at radius 2 is 1.44 bits per heavy atom. The van der Waals surface area contributed by atoms with Gasteiger partial charge in [0.2, 0.25) is 0 Å². The van der Waals surface area contributed by atoms with Gasteiger partial charge in [0.05, 0.1) is 28.0 Å². The third-order valence-electron chi connectivity index (χ3n) is 6.43. The molecule has 0 spiro atoms. The minimum atomic E-state index is -0.974. The lowest BCUT2D eigenvalue weighted by atomic mass is 10.0. The molecular formula is C32H26ClN3O3. The average Bonchev–Trinajstić information content (AvgIpc) is 2.98. The molecule has 0 radical (unpaired) electrons. The maximum Gasteiger partial charge on any atom is 0.338 e. The normalized spacial score (nSPS) is 11.7. The van der Waals surface area contributed by atoms with E-state index in [1.165, 1.54) is 0 Å². The summed E-state index contributed by atoms with van der Waals surface area (Å²) in [6.07, 6.45) is -0.665. The lowest BCUT2D eigenvalue weighted by molar-refractivity contribution is -0.124. The van der Waals surface area contributed by atoms with Gasteiger partial charge in [-0.25, -0.2) is 14.8 Å². The van der Waals surface area contributed by atoms with Crippen LogP contribution in [-0.2, 0) is 9.53 Å². The SMILES string of the molecule is CCC(OC(=O)c1ccc2nc(-c3ccccc3)c(-c3ccccc3)nc2c1)C(=O)Nc1cccc(Cl)c1C. The van der Waals surface area contributed by atoms with Gasteiger partial charge in [-0.15, -0.1) is 0 Å². The zero-order valence-corrected chi connectivity index (χ0v) is 22.3. The molecule has 1 unspecified atom stereocenters. The summed E-state index contributed by atoms with van der Waals surface area (Å²) in [4.78, 5) is 35.8. The van der Waals surface area contributed by atoms with E-state index in [0.717, 1.165) is 22.4 Å². The number of anilines is 1. The van der Waals surface area contributed by atoms with Crippen molar-refractivity contribution in [3.05, 3.63) is 113 Å². The van der Waals surface area contributed by atoms with E-state index < -0.39 is 18.0 Å². The van der Waals surface area contributed by atoms with Crippen molar-refractivity contribution in [1.82, 2.24) is 9.97 Å². The highest BCUT2D eigenvalue weighted by atomic mass is 35.5. The summed E-state index contributed by atoms with van der Waals surface area (Å²) in [6.45, 7) is 3.60. The number of ether oxygens (including phenoxy) is 1. The van der Waals surface area contributed by atoms with Crippen molar-refractivity contribution >= 4 is 40.2 Å². The largest absolute Gasteiger partial charge is 0.449 e. The van der Waals surface area contributed by atoms with Crippen LogP contribution in [-0.4, -0.2) is 27.9 Å². The van der Waals surface area contributed by atoms with Crippen molar-refractivity contribution in [2.24, 2.45) is 0 Å². The third kappa shape index (κ3) is 5.66. The van der Waals surface area contributed by atoms with E-state index >= 15 is 0 Å². The smallest absolute Gasteiger partial charge is 0.338 e. The van der Waals surface area contributed by atoms with Crippen LogP contribution < -0.4 is 5.32 Å². The fraction of sp³-hybridized carbons (Fsp3) is 0.125. The number of fused-ring (bicyclic) bond motifs is 1. The highest BCUT2D eigenvalue weighted by Crippen LogP contribution is 2.31. The van der Waals surface area contributed by atoms with Crippen LogP contribution in [0.15, 0.2) is 97.1 Å². The molecule has 39 heavy (non-hydrogen) atoms. The highest BCUT2D eigenvalue weighted by Gasteiger charge is 2.23. The summed E-state index contributed by atoms with van der Waals surface area (Å²) in [5.41, 5.74) is 6.12. The Kier molecular flexibility index (Phi) is 7.66. The quantitative estimate of drug-likeness (QED) is 0.218. The molecule has 194 valence electrons. The van der Waals surface area contributed by atoms with Gasteiger partial charge in [-0.3, -0.25) is 4.79 Å². The van der Waals surface area contributed by atoms with Crippen LogP contribution in [0.5, 0.6) is 0 Å². The van der Waals surface area contributed by atoms with Gasteiger partial charge in [0, 0.05) is 21.8 Å². The Morgan fingerprint density at radius 3 is 2.05 bits per heavy atom. The first kappa shape index (κ1) is 26.1. The Hall–Kier alpha value is -4.55. The molecule has 1 amide bonds. The van der Waals surface area contributed by atoms with E-state index in [4.69, 9.17) is 26.3 Å². The molecule has 4 aromatic carbocycles. The molecule has 5 rings (SSSR count). The van der Waals surface area contributed by atoms with Crippen LogP contribution in [0.25, 0.3) is 33.5 Å². The van der Waals surface area contributed by atoms with Gasteiger partial charge in [-0.05, 0) is 49.2 Å². The van der Waals surface area contributed by atoms with Crippen molar-refractivity contribution in [2.75, 3.05) is 5.32 Å². The molecule has 5 aromatic rings. The Labute approximate surface area is 231 Å². The minimum absolute atomic E-state index is 0.286. The molecule has 7 heteroatoms. The number of amides is 1. The summed E-state index contributed by atoms with van der Waals surface area (Å²) in [5.74, 6) is -1.03. The van der Waals surface area contributed by atoms with E-state index in [2.05, 4.69) is 5.32 Å². The molecule has 0 aliphatic carbocycles. The molecule has 1 N–H and O–H groups in total. The molecule has 0 bridgehead atoms. The van der Waals surface area contributed by atoms with Crippen LogP contribution in [0.3, 0.4) is 0 Å². The number of nitrogens with one attached hydrogen (secondary N) is 1. The van der Waals surface area contributed by atoms with Gasteiger partial charge in [0.15, 0.2) is 6.10 Å². The van der Waals surface area contributed by atoms with Crippen LogP contribution in [0.1, 0.15) is 29.3 Å². The zero-order chi connectivity index (χ0) is 27.4. The van der Waals surface area contributed by atoms with Gasteiger partial charge in [-0.2, -0.15) is 0 Å². The zero-order valence-electron chi connectivity index (χ0n) is 21.5. The number of rotatable bonds is 7. The molecule has 0 aliphatic rings. The molecule has 0 saturated carbocycles. The van der Waals surface area contributed by atoms with Crippen molar-refractivity contribution in [2.45, 2.75) is 26.4 Å². The number of halogens is 1. The number of esters is 1. The number of carbonyl (C=O) groups excluding carboxylic acids is 2. The first-order chi connectivity index (χ1) is 18.9. The number of aromatic nitrogens is 2. The first-order valence-corrected chi connectivity index (χ1v) is 13.0. The molecule has 1 aromatic heterocycles. The van der Waals surface area contributed by atoms with Crippen molar-refractivity contribution in [3.63, 3.8) is 0 Å². The second-order valence-corrected chi connectivity index (χ2v) is 9.47. The number of benzene rings is 4. The van der Waals surface area contributed by atoms with E-state index in [1.807, 2.05) is 67.6 Å². The second kappa shape index (κ2) is 11.5. The summed E-state index contributed by atoms with van der Waals surface area (Å²) < 4.78 is 5.61. The fourth-order valence-corrected chi connectivity index (χ4v) is 4.43. The number of nitrogens with zero attached hydrogens (tertiary/aromatic N) is 2. The maximum atomic E-state index is 13.1. The van der Waals surface area contributed by atoms with Crippen molar-refractivity contribution < 1.29 is 14.3 Å². The molecule has 6 nitrogen and oxygen atoms in total. The van der Waals surface area contributed by atoms with E-state index in [-0.39, 0.29) is 5.56 Å². The monoisotopic (exact) mass is 535 g/mol. The van der Waals surface area contributed by atoms with Crippen LogP contribution in [0.2, 0.25) is 5.02 Å². The summed E-state index contributed by atoms with van der Waals surface area (Å²) in [5, 5.41) is 3.36. The molecule has 0 saturated heterocycles. The van der Waals surface area contributed by atoms with Gasteiger partial charge in [-0.1, -0.05) is 85.3 Å². The topological polar surface area (TPSA) is 81.2 Å². The Morgan fingerprint density at radius 1 is 0.821 bits per heavy atom. The molecular weight excluding hydrogens is 510 g/mol. The van der Waals surface area contributed by atoms with Gasteiger partial charge in [0.25, 0.3) is 5.91 Å². The molecule has 0 aliphatic heterocycles. The summed E-state index contributed by atoms with van der Waals surface area (Å²) >= 11 is 6.17. The van der Waals surface area contributed by atoms with Gasteiger partial charge < -0.3 is 10.1 Å².